The Bertz CT molecular complexity index is 1050. The number of rotatable bonds is 9. The Kier molecular flexibility index (Phi) is 7.68. The highest BCUT2D eigenvalue weighted by Crippen LogP contribution is 2.17. The molecule has 0 saturated heterocycles. The van der Waals surface area contributed by atoms with Gasteiger partial charge >= 0.3 is 0 Å². The molecule has 0 unspecified atom stereocenters. The Hall–Kier alpha value is -2.61. The van der Waals surface area contributed by atoms with E-state index in [1.165, 1.54) is 9.20 Å². The minimum Gasteiger partial charge on any atom is -0.351 e. The molecule has 30 heavy (non-hydrogen) atoms. The number of amides is 1. The summed E-state index contributed by atoms with van der Waals surface area (Å²) in [5, 5.41) is 2.91. The SMILES string of the molecule is CN(Cc1ccc(C(=O)NCCSc2ccccc2)cc1)S(=O)(=O)c1ccccc1. The quantitative estimate of drug-likeness (QED) is 0.403. The van der Waals surface area contributed by atoms with Gasteiger partial charge in [-0.05, 0) is 42.0 Å². The second-order valence-electron chi connectivity index (χ2n) is 6.69. The molecular formula is C23H24N2O3S2. The first-order valence-corrected chi connectivity index (χ1v) is 12.0. The van der Waals surface area contributed by atoms with Gasteiger partial charge in [0.15, 0.2) is 0 Å². The minimum absolute atomic E-state index is 0.138. The number of carbonyl (C=O) groups is 1. The Balaban J connectivity index is 1.51. The number of hydrogen-bond acceptors (Lipinski definition) is 4. The van der Waals surface area contributed by atoms with Crippen LogP contribution in [-0.4, -0.2) is 38.0 Å². The second kappa shape index (κ2) is 10.4. The monoisotopic (exact) mass is 440 g/mol. The summed E-state index contributed by atoms with van der Waals surface area (Å²) in [7, 11) is -2.00. The minimum atomic E-state index is -3.55. The molecular weight excluding hydrogens is 416 g/mol. The van der Waals surface area contributed by atoms with Gasteiger partial charge in [0.1, 0.15) is 0 Å². The van der Waals surface area contributed by atoms with E-state index in [4.69, 9.17) is 0 Å². The molecule has 0 aliphatic heterocycles. The van der Waals surface area contributed by atoms with Crippen LogP contribution in [0.5, 0.6) is 0 Å². The molecule has 0 atom stereocenters. The van der Waals surface area contributed by atoms with Gasteiger partial charge in [-0.1, -0.05) is 48.5 Å². The summed E-state index contributed by atoms with van der Waals surface area (Å²) in [6, 6.07) is 25.4. The van der Waals surface area contributed by atoms with Crippen molar-refractivity contribution in [3.63, 3.8) is 0 Å². The molecule has 3 aromatic carbocycles. The number of thioether (sulfide) groups is 1. The van der Waals surface area contributed by atoms with Gasteiger partial charge in [0.25, 0.3) is 5.91 Å². The van der Waals surface area contributed by atoms with Crippen molar-refractivity contribution in [1.82, 2.24) is 9.62 Å². The van der Waals surface area contributed by atoms with E-state index >= 15 is 0 Å². The Morgan fingerprint density at radius 2 is 1.50 bits per heavy atom. The fourth-order valence-corrected chi connectivity index (χ4v) is 4.80. The molecule has 5 nitrogen and oxygen atoms in total. The van der Waals surface area contributed by atoms with Crippen LogP contribution >= 0.6 is 11.8 Å². The van der Waals surface area contributed by atoms with Gasteiger partial charge < -0.3 is 5.32 Å². The lowest BCUT2D eigenvalue weighted by atomic mass is 10.1. The average molecular weight is 441 g/mol. The van der Waals surface area contributed by atoms with Crippen molar-refractivity contribution in [2.24, 2.45) is 0 Å². The van der Waals surface area contributed by atoms with E-state index in [9.17, 15) is 13.2 Å². The lowest BCUT2D eigenvalue weighted by Crippen LogP contribution is -2.27. The van der Waals surface area contributed by atoms with Gasteiger partial charge in [0, 0.05) is 36.3 Å². The fraction of sp³-hybridized carbons (Fsp3) is 0.174. The van der Waals surface area contributed by atoms with E-state index < -0.39 is 10.0 Å². The maximum absolute atomic E-state index is 12.6. The zero-order valence-electron chi connectivity index (χ0n) is 16.7. The topological polar surface area (TPSA) is 66.5 Å². The van der Waals surface area contributed by atoms with Crippen molar-refractivity contribution in [1.29, 1.82) is 0 Å². The third-order valence-electron chi connectivity index (χ3n) is 4.47. The summed E-state index contributed by atoms with van der Waals surface area (Å²) in [5.74, 6) is 0.649. The number of carbonyl (C=O) groups excluding carboxylic acids is 1. The largest absolute Gasteiger partial charge is 0.351 e. The van der Waals surface area contributed by atoms with E-state index in [1.54, 1.807) is 73.4 Å². The molecule has 0 radical (unpaired) electrons. The van der Waals surface area contributed by atoms with Crippen LogP contribution < -0.4 is 5.32 Å². The van der Waals surface area contributed by atoms with Crippen LogP contribution in [0.25, 0.3) is 0 Å². The molecule has 1 N–H and O–H groups in total. The van der Waals surface area contributed by atoms with Crippen LogP contribution in [0.1, 0.15) is 15.9 Å². The smallest absolute Gasteiger partial charge is 0.251 e. The van der Waals surface area contributed by atoms with Gasteiger partial charge in [-0.2, -0.15) is 4.31 Å². The summed E-state index contributed by atoms with van der Waals surface area (Å²) in [4.78, 5) is 13.7. The molecule has 1 amide bonds. The van der Waals surface area contributed by atoms with Crippen molar-refractivity contribution in [3.8, 4) is 0 Å². The second-order valence-corrected chi connectivity index (χ2v) is 9.90. The highest BCUT2D eigenvalue weighted by molar-refractivity contribution is 7.99. The standard InChI is InChI=1S/C23H24N2O3S2/c1-25(30(27,28)22-10-6-3-7-11-22)18-19-12-14-20(15-13-19)23(26)24-16-17-29-21-8-4-2-5-9-21/h2-15H,16-18H2,1H3,(H,24,26). The first-order valence-electron chi connectivity index (χ1n) is 9.53. The van der Waals surface area contributed by atoms with Crippen LogP contribution in [0.15, 0.2) is 94.7 Å². The molecule has 0 spiro atoms. The van der Waals surface area contributed by atoms with Crippen molar-refractivity contribution >= 4 is 27.7 Å². The van der Waals surface area contributed by atoms with Crippen molar-refractivity contribution in [3.05, 3.63) is 96.1 Å². The van der Waals surface area contributed by atoms with E-state index in [-0.39, 0.29) is 17.3 Å². The van der Waals surface area contributed by atoms with E-state index in [0.29, 0.717) is 12.1 Å². The number of nitrogens with one attached hydrogen (secondary N) is 1. The van der Waals surface area contributed by atoms with Crippen LogP contribution in [0, 0.1) is 0 Å². The zero-order chi connectivity index (χ0) is 21.4. The summed E-state index contributed by atoms with van der Waals surface area (Å²) >= 11 is 1.69. The number of nitrogens with zero attached hydrogens (tertiary/aromatic N) is 1. The Morgan fingerprint density at radius 1 is 0.900 bits per heavy atom. The molecule has 0 bridgehead atoms. The molecule has 0 heterocycles. The fourth-order valence-electron chi connectivity index (χ4n) is 2.83. The predicted molar refractivity (Wildman–Crippen MR) is 121 cm³/mol. The van der Waals surface area contributed by atoms with E-state index in [2.05, 4.69) is 5.32 Å². The number of sulfonamides is 1. The van der Waals surface area contributed by atoms with Crippen LogP contribution in [0.3, 0.4) is 0 Å². The van der Waals surface area contributed by atoms with Crippen LogP contribution in [0.2, 0.25) is 0 Å². The first-order chi connectivity index (χ1) is 14.5. The van der Waals surface area contributed by atoms with Gasteiger partial charge in [0.2, 0.25) is 10.0 Å². The van der Waals surface area contributed by atoms with Gasteiger partial charge in [-0.25, -0.2) is 8.42 Å². The Labute approximate surface area is 182 Å². The van der Waals surface area contributed by atoms with Gasteiger partial charge in [-0.15, -0.1) is 11.8 Å². The van der Waals surface area contributed by atoms with Gasteiger partial charge in [0.05, 0.1) is 4.90 Å². The highest BCUT2D eigenvalue weighted by atomic mass is 32.2. The summed E-state index contributed by atoms with van der Waals surface area (Å²) < 4.78 is 26.5. The third kappa shape index (κ3) is 5.95. The summed E-state index contributed by atoms with van der Waals surface area (Å²) in [6.45, 7) is 0.797. The van der Waals surface area contributed by atoms with Crippen molar-refractivity contribution < 1.29 is 13.2 Å². The molecule has 156 valence electrons. The maximum Gasteiger partial charge on any atom is 0.251 e. The normalized spacial score (nSPS) is 11.4. The molecule has 0 fully saturated rings. The molecule has 0 aromatic heterocycles. The first kappa shape index (κ1) is 22.1. The summed E-state index contributed by atoms with van der Waals surface area (Å²) in [5.41, 5.74) is 1.37. The highest BCUT2D eigenvalue weighted by Gasteiger charge is 2.20. The average Bonchev–Trinajstić information content (AvgIpc) is 2.78. The molecule has 0 aliphatic rings. The van der Waals surface area contributed by atoms with Gasteiger partial charge in [-0.3, -0.25) is 4.79 Å². The Morgan fingerprint density at radius 3 is 2.13 bits per heavy atom. The zero-order valence-corrected chi connectivity index (χ0v) is 18.3. The number of benzene rings is 3. The maximum atomic E-state index is 12.6. The van der Waals surface area contributed by atoms with Crippen LogP contribution in [0.4, 0.5) is 0 Å². The molecule has 0 aliphatic carbocycles. The molecule has 7 heteroatoms. The van der Waals surface area contributed by atoms with Crippen molar-refractivity contribution in [2.75, 3.05) is 19.3 Å². The third-order valence-corrected chi connectivity index (χ3v) is 7.30. The predicted octanol–water partition coefficient (Wildman–Crippen LogP) is 4.03. The molecule has 3 aromatic rings. The summed E-state index contributed by atoms with van der Waals surface area (Å²) in [6.07, 6.45) is 0. The lowest BCUT2D eigenvalue weighted by Gasteiger charge is -2.17. The van der Waals surface area contributed by atoms with Crippen molar-refractivity contribution in [2.45, 2.75) is 16.3 Å². The number of hydrogen-bond donors (Lipinski definition) is 1. The van der Waals surface area contributed by atoms with E-state index in [0.717, 1.165) is 11.3 Å². The molecule has 0 saturated carbocycles. The lowest BCUT2D eigenvalue weighted by molar-refractivity contribution is 0.0956. The van der Waals surface area contributed by atoms with E-state index in [1.807, 2.05) is 30.3 Å². The van der Waals surface area contributed by atoms with Crippen LogP contribution in [-0.2, 0) is 16.6 Å². The molecule has 3 rings (SSSR count).